The number of halogens is 1. The number of benzene rings is 1. The van der Waals surface area contributed by atoms with Crippen LogP contribution in [-0.4, -0.2) is 29.8 Å². The van der Waals surface area contributed by atoms with Crippen LogP contribution in [0.15, 0.2) is 18.2 Å². The van der Waals surface area contributed by atoms with Gasteiger partial charge in [-0.2, -0.15) is 0 Å². The first-order chi connectivity index (χ1) is 9.24. The molecule has 0 atom stereocenters. The minimum atomic E-state index is 0.0723. The molecule has 0 saturated carbocycles. The van der Waals surface area contributed by atoms with E-state index < -0.39 is 0 Å². The minimum Gasteiger partial charge on any atom is -0.395 e. The Morgan fingerprint density at radius 1 is 1.30 bits per heavy atom. The summed E-state index contributed by atoms with van der Waals surface area (Å²) in [6.45, 7) is 12.1. The molecule has 0 aliphatic heterocycles. The van der Waals surface area contributed by atoms with Crippen molar-refractivity contribution in [2.45, 2.75) is 52.7 Å². The van der Waals surface area contributed by atoms with Gasteiger partial charge in [0.1, 0.15) is 0 Å². The molecule has 1 rings (SSSR count). The van der Waals surface area contributed by atoms with Crippen LogP contribution in [0.25, 0.3) is 0 Å². The minimum absolute atomic E-state index is 0.0723. The summed E-state index contributed by atoms with van der Waals surface area (Å²) in [5, 5.41) is 13.4. The maximum atomic E-state index is 9.16. The summed E-state index contributed by atoms with van der Waals surface area (Å²) in [4.78, 5) is 2.15. The van der Waals surface area contributed by atoms with Gasteiger partial charge in [0, 0.05) is 35.4 Å². The number of nitrogens with zero attached hydrogens (tertiary/aromatic N) is 1. The molecule has 20 heavy (non-hydrogen) atoms. The van der Waals surface area contributed by atoms with Crippen molar-refractivity contribution in [3.63, 3.8) is 0 Å². The first kappa shape index (κ1) is 17.3. The monoisotopic (exact) mass is 298 g/mol. The maximum Gasteiger partial charge on any atom is 0.0606 e. The van der Waals surface area contributed by atoms with Crippen molar-refractivity contribution in [2.75, 3.05) is 18.1 Å². The van der Waals surface area contributed by atoms with Crippen LogP contribution >= 0.6 is 11.6 Å². The SMILES string of the molecule is CC(C)N(CCO)c1ccc(CNC(C)(C)C)c(Cl)c1. The first-order valence-corrected chi connectivity index (χ1v) is 7.53. The largest absolute Gasteiger partial charge is 0.395 e. The highest BCUT2D eigenvalue weighted by Gasteiger charge is 2.13. The standard InChI is InChI=1S/C16H27ClN2O/c1-12(2)19(8-9-20)14-7-6-13(15(17)10-14)11-18-16(3,4)5/h6-7,10,12,18,20H,8-9,11H2,1-5H3. The molecular formula is C16H27ClN2O. The zero-order chi connectivity index (χ0) is 15.3. The van der Waals surface area contributed by atoms with Gasteiger partial charge in [-0.25, -0.2) is 0 Å². The number of nitrogens with one attached hydrogen (secondary N) is 1. The van der Waals surface area contributed by atoms with E-state index in [9.17, 15) is 0 Å². The van der Waals surface area contributed by atoms with Gasteiger partial charge in [0.25, 0.3) is 0 Å². The van der Waals surface area contributed by atoms with Gasteiger partial charge in [0.2, 0.25) is 0 Å². The normalized spacial score (nSPS) is 12.0. The first-order valence-electron chi connectivity index (χ1n) is 7.15. The van der Waals surface area contributed by atoms with Crippen molar-refractivity contribution in [1.82, 2.24) is 5.32 Å². The molecule has 0 fully saturated rings. The number of hydrogen-bond donors (Lipinski definition) is 2. The molecule has 0 radical (unpaired) electrons. The summed E-state index contributed by atoms with van der Waals surface area (Å²) in [5.41, 5.74) is 2.22. The molecular weight excluding hydrogens is 272 g/mol. The van der Waals surface area contributed by atoms with Gasteiger partial charge in [-0.3, -0.25) is 0 Å². The molecule has 1 aromatic rings. The van der Waals surface area contributed by atoms with E-state index in [-0.39, 0.29) is 12.1 Å². The van der Waals surface area contributed by atoms with Crippen LogP contribution in [0, 0.1) is 0 Å². The van der Waals surface area contributed by atoms with Crippen molar-refractivity contribution in [3.05, 3.63) is 28.8 Å². The average Bonchev–Trinajstić information content (AvgIpc) is 2.33. The van der Waals surface area contributed by atoms with E-state index in [1.807, 2.05) is 6.07 Å². The predicted octanol–water partition coefficient (Wildman–Crippen LogP) is 3.44. The fraction of sp³-hybridized carbons (Fsp3) is 0.625. The molecule has 4 heteroatoms. The van der Waals surface area contributed by atoms with Crippen LogP contribution in [0.2, 0.25) is 5.02 Å². The highest BCUT2D eigenvalue weighted by Crippen LogP contribution is 2.25. The molecule has 0 amide bonds. The molecule has 2 N–H and O–H groups in total. The Morgan fingerprint density at radius 3 is 2.40 bits per heavy atom. The van der Waals surface area contributed by atoms with Crippen molar-refractivity contribution in [3.8, 4) is 0 Å². The fourth-order valence-electron chi connectivity index (χ4n) is 2.01. The van der Waals surface area contributed by atoms with Crippen molar-refractivity contribution < 1.29 is 5.11 Å². The van der Waals surface area contributed by atoms with E-state index >= 15 is 0 Å². The van der Waals surface area contributed by atoms with Gasteiger partial charge in [-0.1, -0.05) is 17.7 Å². The van der Waals surface area contributed by atoms with Crippen LogP contribution in [0.1, 0.15) is 40.2 Å². The Morgan fingerprint density at radius 2 is 1.95 bits per heavy atom. The molecule has 0 bridgehead atoms. The molecule has 0 unspecified atom stereocenters. The Hall–Kier alpha value is -0.770. The molecule has 0 spiro atoms. The van der Waals surface area contributed by atoms with Crippen LogP contribution in [-0.2, 0) is 6.54 Å². The molecule has 0 heterocycles. The topological polar surface area (TPSA) is 35.5 Å². The molecule has 1 aromatic carbocycles. The molecule has 3 nitrogen and oxygen atoms in total. The van der Waals surface area contributed by atoms with Gasteiger partial charge < -0.3 is 15.3 Å². The lowest BCUT2D eigenvalue weighted by Crippen LogP contribution is -2.35. The van der Waals surface area contributed by atoms with Crippen LogP contribution < -0.4 is 10.2 Å². The van der Waals surface area contributed by atoms with Crippen molar-refractivity contribution >= 4 is 17.3 Å². The third-order valence-electron chi connectivity index (χ3n) is 3.14. The fourth-order valence-corrected chi connectivity index (χ4v) is 2.25. The van der Waals surface area contributed by atoms with Gasteiger partial charge in [0.15, 0.2) is 0 Å². The molecule has 114 valence electrons. The second-order valence-electron chi connectivity index (χ2n) is 6.39. The second-order valence-corrected chi connectivity index (χ2v) is 6.80. The smallest absolute Gasteiger partial charge is 0.0606 e. The summed E-state index contributed by atoms with van der Waals surface area (Å²) < 4.78 is 0. The Balaban J connectivity index is 2.86. The van der Waals surface area contributed by atoms with Gasteiger partial charge in [-0.15, -0.1) is 0 Å². The summed E-state index contributed by atoms with van der Waals surface area (Å²) >= 11 is 6.38. The average molecular weight is 299 g/mol. The molecule has 0 saturated heterocycles. The highest BCUT2D eigenvalue weighted by atomic mass is 35.5. The van der Waals surface area contributed by atoms with E-state index in [1.54, 1.807) is 0 Å². The molecule has 0 aliphatic carbocycles. The number of aliphatic hydroxyl groups is 1. The maximum absolute atomic E-state index is 9.16. The molecule has 0 aromatic heterocycles. The zero-order valence-corrected chi connectivity index (χ0v) is 14.0. The Kier molecular flexibility index (Phi) is 6.31. The summed E-state index contributed by atoms with van der Waals surface area (Å²) in [6, 6.07) is 6.44. The van der Waals surface area contributed by atoms with E-state index in [2.05, 4.69) is 57.0 Å². The number of rotatable bonds is 6. The zero-order valence-electron chi connectivity index (χ0n) is 13.2. The third-order valence-corrected chi connectivity index (χ3v) is 3.49. The van der Waals surface area contributed by atoms with E-state index in [0.29, 0.717) is 12.6 Å². The van der Waals surface area contributed by atoms with Gasteiger partial charge in [0.05, 0.1) is 6.61 Å². The summed E-state index contributed by atoms with van der Waals surface area (Å²) in [6.07, 6.45) is 0. The lowest BCUT2D eigenvalue weighted by molar-refractivity contribution is 0.299. The van der Waals surface area contributed by atoms with E-state index in [4.69, 9.17) is 16.7 Å². The number of hydrogen-bond acceptors (Lipinski definition) is 3. The number of aliphatic hydroxyl groups excluding tert-OH is 1. The summed E-state index contributed by atoms with van der Waals surface area (Å²) in [5.74, 6) is 0. The van der Waals surface area contributed by atoms with Crippen molar-refractivity contribution in [2.24, 2.45) is 0 Å². The summed E-state index contributed by atoms with van der Waals surface area (Å²) in [7, 11) is 0. The van der Waals surface area contributed by atoms with E-state index in [1.165, 1.54) is 0 Å². The van der Waals surface area contributed by atoms with Crippen LogP contribution in [0.4, 0.5) is 5.69 Å². The van der Waals surface area contributed by atoms with Crippen LogP contribution in [0.5, 0.6) is 0 Å². The lowest BCUT2D eigenvalue weighted by Gasteiger charge is -2.29. The third kappa shape index (κ3) is 5.31. The number of anilines is 1. The van der Waals surface area contributed by atoms with Gasteiger partial charge >= 0.3 is 0 Å². The Bertz CT molecular complexity index is 427. The molecule has 0 aliphatic rings. The second kappa shape index (κ2) is 7.30. The van der Waals surface area contributed by atoms with E-state index in [0.717, 1.165) is 22.8 Å². The highest BCUT2D eigenvalue weighted by molar-refractivity contribution is 6.31. The van der Waals surface area contributed by atoms with Gasteiger partial charge in [-0.05, 0) is 52.3 Å². The Labute approximate surface area is 127 Å². The predicted molar refractivity (Wildman–Crippen MR) is 87.6 cm³/mol. The lowest BCUT2D eigenvalue weighted by atomic mass is 10.1. The van der Waals surface area contributed by atoms with Crippen molar-refractivity contribution in [1.29, 1.82) is 0 Å². The quantitative estimate of drug-likeness (QED) is 0.844. The van der Waals surface area contributed by atoms with Crippen LogP contribution in [0.3, 0.4) is 0 Å².